The highest BCUT2D eigenvalue weighted by molar-refractivity contribution is 5.83. The van der Waals surface area contributed by atoms with Crippen LogP contribution >= 0.6 is 0 Å². The van der Waals surface area contributed by atoms with Gasteiger partial charge < -0.3 is 36.3 Å². The van der Waals surface area contributed by atoms with Crippen LogP contribution in [-0.2, 0) is 0 Å². The molecule has 3 aromatic rings. The van der Waals surface area contributed by atoms with Gasteiger partial charge in [0.25, 0.3) is 0 Å². The molecule has 0 radical (unpaired) electrons. The number of anilines is 3. The van der Waals surface area contributed by atoms with Gasteiger partial charge >= 0.3 is 5.63 Å². The van der Waals surface area contributed by atoms with E-state index in [1.165, 1.54) is 6.07 Å². The summed E-state index contributed by atoms with van der Waals surface area (Å²) in [6.45, 7) is 2.98. The monoisotopic (exact) mass is 467 g/mol. The Hall–Kier alpha value is -3.12. The smallest absolute Gasteiger partial charge is 0.336 e. The molecule has 34 heavy (non-hydrogen) atoms. The number of aliphatic hydroxyl groups is 2. The average Bonchev–Trinajstić information content (AvgIpc) is 3.11. The van der Waals surface area contributed by atoms with Crippen molar-refractivity contribution >= 4 is 28.6 Å². The summed E-state index contributed by atoms with van der Waals surface area (Å²) in [7, 11) is 0. The molecule has 11 nitrogen and oxygen atoms in total. The van der Waals surface area contributed by atoms with E-state index in [4.69, 9.17) is 15.9 Å². The summed E-state index contributed by atoms with van der Waals surface area (Å²) in [5.41, 5.74) is 13.9. The summed E-state index contributed by atoms with van der Waals surface area (Å²) in [5.74, 6) is 1.02. The number of rotatable bonds is 4. The molecule has 11 heteroatoms. The van der Waals surface area contributed by atoms with E-state index >= 15 is 0 Å². The van der Waals surface area contributed by atoms with E-state index in [1.807, 2.05) is 24.0 Å². The van der Waals surface area contributed by atoms with Gasteiger partial charge in [-0.25, -0.2) is 4.79 Å². The molecule has 7 N–H and O–H groups in total. The fraction of sp³-hybridized carbons (Fsp3) is 0.478. The first-order valence-corrected chi connectivity index (χ1v) is 11.4. The number of nitrogens with one attached hydrogen (secondary N) is 1. The third kappa shape index (κ3) is 4.60. The molecular weight excluding hydrogens is 438 g/mol. The molecule has 0 amide bonds. The minimum atomic E-state index is -0.815. The Kier molecular flexibility index (Phi) is 5.94. The van der Waals surface area contributed by atoms with Crippen LogP contribution in [0.25, 0.3) is 11.0 Å². The van der Waals surface area contributed by atoms with Crippen molar-refractivity contribution in [2.24, 2.45) is 11.5 Å². The van der Waals surface area contributed by atoms with Gasteiger partial charge in [0.1, 0.15) is 11.4 Å². The zero-order chi connectivity index (χ0) is 24.0. The SMILES string of the molecule is Cc1cc(=O)oc2cc(Nc3nc(C4C[C@@H](O)[C@@H](O)C4)nc(N4C[C@H](N)C[C@H](N)C4)n3)ccc12. The number of hydrogen-bond donors (Lipinski definition) is 5. The Balaban J connectivity index is 1.51. The number of hydrogen-bond acceptors (Lipinski definition) is 11. The maximum Gasteiger partial charge on any atom is 0.336 e. The zero-order valence-electron chi connectivity index (χ0n) is 18.9. The fourth-order valence-corrected chi connectivity index (χ4v) is 4.84. The highest BCUT2D eigenvalue weighted by Crippen LogP contribution is 2.34. The van der Waals surface area contributed by atoms with Crippen molar-refractivity contribution in [3.8, 4) is 0 Å². The van der Waals surface area contributed by atoms with Crippen LogP contribution in [0.3, 0.4) is 0 Å². The Labute approximate surface area is 195 Å². The van der Waals surface area contributed by atoms with Crippen LogP contribution in [-0.4, -0.2) is 62.5 Å². The van der Waals surface area contributed by atoms with Crippen LogP contribution in [0.1, 0.15) is 36.6 Å². The van der Waals surface area contributed by atoms with Crippen LogP contribution in [0.15, 0.2) is 33.5 Å². The second-order valence-electron chi connectivity index (χ2n) is 9.37. The highest BCUT2D eigenvalue weighted by Gasteiger charge is 2.35. The predicted octanol–water partition coefficient (Wildman–Crippen LogP) is 0.494. The van der Waals surface area contributed by atoms with Crippen LogP contribution in [0.4, 0.5) is 17.6 Å². The number of aryl methyl sites for hydroxylation is 1. The summed E-state index contributed by atoms with van der Waals surface area (Å²) in [4.78, 5) is 27.6. The fourth-order valence-electron chi connectivity index (χ4n) is 4.84. The average molecular weight is 468 g/mol. The maximum atomic E-state index is 11.8. The van der Waals surface area contributed by atoms with E-state index in [-0.39, 0.29) is 18.0 Å². The minimum absolute atomic E-state index is 0.0953. The normalized spacial score (nSPS) is 27.3. The second kappa shape index (κ2) is 8.91. The van der Waals surface area contributed by atoms with Crippen molar-refractivity contribution in [3.63, 3.8) is 0 Å². The second-order valence-corrected chi connectivity index (χ2v) is 9.37. The van der Waals surface area contributed by atoms with E-state index in [2.05, 4.69) is 20.3 Å². The Morgan fingerprint density at radius 2 is 1.74 bits per heavy atom. The van der Waals surface area contributed by atoms with Crippen molar-refractivity contribution in [2.45, 2.75) is 56.4 Å². The van der Waals surface area contributed by atoms with Crippen LogP contribution in [0.5, 0.6) is 0 Å². The molecule has 1 aromatic carbocycles. The number of aromatic nitrogens is 3. The summed E-state index contributed by atoms with van der Waals surface area (Å²) in [6.07, 6.45) is -0.176. The molecule has 3 heterocycles. The number of fused-ring (bicyclic) bond motifs is 1. The summed E-state index contributed by atoms with van der Waals surface area (Å²) in [5, 5.41) is 24.1. The molecule has 1 aliphatic heterocycles. The van der Waals surface area contributed by atoms with Crippen LogP contribution < -0.4 is 27.3 Å². The Morgan fingerprint density at radius 3 is 2.44 bits per heavy atom. The summed E-state index contributed by atoms with van der Waals surface area (Å²) < 4.78 is 5.35. The number of piperidine rings is 1. The highest BCUT2D eigenvalue weighted by atomic mass is 16.4. The van der Waals surface area contributed by atoms with Crippen molar-refractivity contribution < 1.29 is 14.6 Å². The van der Waals surface area contributed by atoms with E-state index < -0.39 is 17.8 Å². The van der Waals surface area contributed by atoms with Crippen molar-refractivity contribution in [2.75, 3.05) is 23.3 Å². The van der Waals surface area contributed by atoms with Gasteiger partial charge in [0.15, 0.2) is 0 Å². The third-order valence-electron chi connectivity index (χ3n) is 6.51. The first kappa shape index (κ1) is 22.7. The van der Waals surface area contributed by atoms with Gasteiger partial charge in [0.2, 0.25) is 11.9 Å². The largest absolute Gasteiger partial charge is 0.423 e. The lowest BCUT2D eigenvalue weighted by atomic mass is 10.0. The number of aliphatic hydroxyl groups excluding tert-OH is 2. The van der Waals surface area contributed by atoms with Crippen LogP contribution in [0, 0.1) is 6.92 Å². The van der Waals surface area contributed by atoms with E-state index in [1.54, 1.807) is 6.07 Å². The zero-order valence-corrected chi connectivity index (χ0v) is 18.9. The third-order valence-corrected chi connectivity index (χ3v) is 6.51. The number of nitrogens with zero attached hydrogens (tertiary/aromatic N) is 4. The van der Waals surface area contributed by atoms with Gasteiger partial charge in [-0.1, -0.05) is 0 Å². The molecule has 0 bridgehead atoms. The Bertz CT molecular complexity index is 1250. The lowest BCUT2D eigenvalue weighted by molar-refractivity contribution is 0.0438. The molecule has 1 saturated carbocycles. The van der Waals surface area contributed by atoms with Crippen LogP contribution in [0.2, 0.25) is 0 Å². The molecule has 1 aliphatic carbocycles. The van der Waals surface area contributed by atoms with Crippen molar-refractivity contribution in [1.29, 1.82) is 0 Å². The molecule has 1 saturated heterocycles. The van der Waals surface area contributed by atoms with Gasteiger partial charge in [0.05, 0.1) is 12.2 Å². The van der Waals surface area contributed by atoms with Gasteiger partial charge in [-0.2, -0.15) is 15.0 Å². The van der Waals surface area contributed by atoms with Gasteiger partial charge in [-0.3, -0.25) is 0 Å². The van der Waals surface area contributed by atoms with Gasteiger partial charge in [-0.15, -0.1) is 0 Å². The molecule has 1 unspecified atom stereocenters. The van der Waals surface area contributed by atoms with E-state index in [9.17, 15) is 15.0 Å². The topological polar surface area (TPSA) is 177 Å². The first-order valence-electron chi connectivity index (χ1n) is 11.4. The quantitative estimate of drug-likeness (QED) is 0.337. The standard InChI is InChI=1S/C23H29N7O4/c1-11-4-20(33)34-19-8-15(2-3-16(11)19)26-22-27-21(12-5-17(31)18(32)6-12)28-23(29-22)30-9-13(24)7-14(25)10-30/h2-4,8,12-14,17-18,31-32H,5-7,9-10,24-25H2,1H3,(H,26,27,28,29)/t12?,13-,14+,17-,18+. The molecule has 0 spiro atoms. The van der Waals surface area contributed by atoms with E-state index in [0.29, 0.717) is 54.9 Å². The molecule has 2 aliphatic rings. The lowest BCUT2D eigenvalue weighted by Crippen LogP contribution is -2.53. The van der Waals surface area contributed by atoms with Crippen molar-refractivity contribution in [1.82, 2.24) is 15.0 Å². The molecular formula is C23H29N7O4. The number of benzene rings is 1. The lowest BCUT2D eigenvalue weighted by Gasteiger charge is -2.34. The van der Waals surface area contributed by atoms with E-state index in [0.717, 1.165) is 17.4 Å². The number of nitrogens with two attached hydrogens (primary N) is 2. The van der Waals surface area contributed by atoms with Gasteiger partial charge in [0, 0.05) is 54.3 Å². The minimum Gasteiger partial charge on any atom is -0.423 e. The Morgan fingerprint density at radius 1 is 1.03 bits per heavy atom. The molecule has 5 rings (SSSR count). The maximum absolute atomic E-state index is 11.8. The van der Waals surface area contributed by atoms with Crippen molar-refractivity contribution in [3.05, 3.63) is 46.1 Å². The first-order chi connectivity index (χ1) is 16.2. The van der Waals surface area contributed by atoms with Gasteiger partial charge in [-0.05, 0) is 43.9 Å². The summed E-state index contributed by atoms with van der Waals surface area (Å²) in [6, 6.07) is 6.71. The predicted molar refractivity (Wildman–Crippen MR) is 127 cm³/mol. The summed E-state index contributed by atoms with van der Waals surface area (Å²) >= 11 is 0. The molecule has 2 fully saturated rings. The molecule has 5 atom stereocenters. The molecule has 2 aromatic heterocycles. The molecule has 180 valence electrons.